The predicted molar refractivity (Wildman–Crippen MR) is 116 cm³/mol. The van der Waals surface area contributed by atoms with Crippen LogP contribution in [0.5, 0.6) is 0 Å². The Bertz CT molecular complexity index is 1030. The van der Waals surface area contributed by atoms with Gasteiger partial charge in [0, 0.05) is 37.1 Å². The van der Waals surface area contributed by atoms with Crippen molar-refractivity contribution in [2.45, 2.75) is 31.1 Å². The molecule has 1 heterocycles. The van der Waals surface area contributed by atoms with Gasteiger partial charge in [0.2, 0.25) is 10.0 Å². The molecule has 0 spiro atoms. The molecule has 0 radical (unpaired) electrons. The number of piperidine rings is 1. The third kappa shape index (κ3) is 4.98. The Hall–Kier alpha value is -2.91. The van der Waals surface area contributed by atoms with Gasteiger partial charge < -0.3 is 16.0 Å². The van der Waals surface area contributed by atoms with Crippen molar-refractivity contribution in [1.29, 1.82) is 0 Å². The SMILES string of the molecule is CNC(=O)Nc1ccc(NC(=O)c2cc(S(=O)(=O)N3CCCCC3)ccc2C)cc1. The molecule has 1 fully saturated rings. The number of rotatable bonds is 5. The van der Waals surface area contributed by atoms with Crippen LogP contribution >= 0.6 is 0 Å². The first-order valence-electron chi connectivity index (χ1n) is 9.82. The number of aryl methyl sites for hydroxylation is 1. The fourth-order valence-electron chi connectivity index (χ4n) is 3.29. The summed E-state index contributed by atoms with van der Waals surface area (Å²) < 4.78 is 27.4. The molecule has 1 saturated heterocycles. The Balaban J connectivity index is 1.77. The second-order valence-corrected chi connectivity index (χ2v) is 9.12. The van der Waals surface area contributed by atoms with E-state index in [9.17, 15) is 18.0 Å². The highest BCUT2D eigenvalue weighted by Gasteiger charge is 2.27. The summed E-state index contributed by atoms with van der Waals surface area (Å²) in [6.07, 6.45) is 2.73. The van der Waals surface area contributed by atoms with E-state index >= 15 is 0 Å². The van der Waals surface area contributed by atoms with Crippen LogP contribution in [0.4, 0.5) is 16.2 Å². The number of carbonyl (C=O) groups excluding carboxylic acids is 2. The molecule has 0 aromatic heterocycles. The van der Waals surface area contributed by atoms with Crippen LogP contribution in [-0.2, 0) is 10.0 Å². The lowest BCUT2D eigenvalue weighted by molar-refractivity contribution is 0.102. The largest absolute Gasteiger partial charge is 0.341 e. The first-order chi connectivity index (χ1) is 14.3. The minimum atomic E-state index is -3.62. The number of sulfonamides is 1. The topological polar surface area (TPSA) is 108 Å². The summed E-state index contributed by atoms with van der Waals surface area (Å²) >= 11 is 0. The van der Waals surface area contributed by atoms with E-state index in [0.717, 1.165) is 19.3 Å². The van der Waals surface area contributed by atoms with Gasteiger partial charge in [0.25, 0.3) is 5.91 Å². The predicted octanol–water partition coefficient (Wildman–Crippen LogP) is 3.17. The lowest BCUT2D eigenvalue weighted by atomic mass is 10.1. The summed E-state index contributed by atoms with van der Waals surface area (Å²) in [5.41, 5.74) is 2.10. The van der Waals surface area contributed by atoms with E-state index < -0.39 is 15.9 Å². The van der Waals surface area contributed by atoms with Gasteiger partial charge in [0.15, 0.2) is 0 Å². The van der Waals surface area contributed by atoms with Crippen molar-refractivity contribution < 1.29 is 18.0 Å². The average Bonchev–Trinajstić information content (AvgIpc) is 2.75. The zero-order valence-electron chi connectivity index (χ0n) is 17.1. The molecule has 30 heavy (non-hydrogen) atoms. The minimum Gasteiger partial charge on any atom is -0.341 e. The molecular formula is C21H26N4O4S. The van der Waals surface area contributed by atoms with Crippen LogP contribution in [0.1, 0.15) is 35.2 Å². The van der Waals surface area contributed by atoms with Gasteiger partial charge in [-0.2, -0.15) is 4.31 Å². The van der Waals surface area contributed by atoms with Crippen molar-refractivity contribution in [2.24, 2.45) is 0 Å². The van der Waals surface area contributed by atoms with Crippen molar-refractivity contribution in [3.63, 3.8) is 0 Å². The summed E-state index contributed by atoms with van der Waals surface area (Å²) in [7, 11) is -2.10. The number of nitrogens with zero attached hydrogens (tertiary/aromatic N) is 1. The van der Waals surface area contributed by atoms with Crippen LogP contribution in [-0.4, -0.2) is 44.8 Å². The summed E-state index contributed by atoms with van der Waals surface area (Å²) in [6, 6.07) is 11.0. The Morgan fingerprint density at radius 3 is 2.10 bits per heavy atom. The zero-order valence-corrected chi connectivity index (χ0v) is 17.9. The average molecular weight is 431 g/mol. The Morgan fingerprint density at radius 2 is 1.50 bits per heavy atom. The molecule has 3 N–H and O–H groups in total. The van der Waals surface area contributed by atoms with Crippen molar-refractivity contribution in [3.8, 4) is 0 Å². The molecule has 0 atom stereocenters. The van der Waals surface area contributed by atoms with Crippen molar-refractivity contribution in [1.82, 2.24) is 9.62 Å². The van der Waals surface area contributed by atoms with Gasteiger partial charge in [-0.05, 0) is 61.7 Å². The molecule has 0 unspecified atom stereocenters. The molecule has 1 aliphatic heterocycles. The standard InChI is InChI=1S/C21H26N4O4S/c1-15-6-11-18(30(28,29)25-12-4-3-5-13-25)14-19(15)20(26)23-16-7-9-17(10-8-16)24-21(27)22-2/h6-11,14H,3-5,12-13H2,1-2H3,(H,23,26)(H2,22,24,27). The van der Waals surface area contributed by atoms with E-state index in [1.54, 1.807) is 43.3 Å². The minimum absolute atomic E-state index is 0.130. The summed E-state index contributed by atoms with van der Waals surface area (Å²) in [6.45, 7) is 2.78. The van der Waals surface area contributed by atoms with Crippen molar-refractivity contribution >= 4 is 33.3 Å². The molecule has 2 aromatic rings. The molecule has 3 rings (SSSR count). The number of benzene rings is 2. The zero-order chi connectivity index (χ0) is 21.7. The Morgan fingerprint density at radius 1 is 0.900 bits per heavy atom. The normalized spacial score (nSPS) is 14.7. The number of hydrogen-bond donors (Lipinski definition) is 3. The number of carbonyl (C=O) groups is 2. The van der Waals surface area contributed by atoms with Crippen LogP contribution < -0.4 is 16.0 Å². The van der Waals surface area contributed by atoms with Crippen LogP contribution in [0.15, 0.2) is 47.4 Å². The molecular weight excluding hydrogens is 404 g/mol. The summed E-state index contributed by atoms with van der Waals surface area (Å²) in [5, 5.41) is 7.87. The maximum atomic E-state index is 12.9. The molecule has 0 saturated carbocycles. The third-order valence-electron chi connectivity index (χ3n) is 5.03. The molecule has 8 nitrogen and oxygen atoms in total. The van der Waals surface area contributed by atoms with Gasteiger partial charge in [-0.1, -0.05) is 12.5 Å². The second-order valence-electron chi connectivity index (χ2n) is 7.18. The number of nitrogens with one attached hydrogen (secondary N) is 3. The van der Waals surface area contributed by atoms with Crippen LogP contribution in [0.3, 0.4) is 0 Å². The first-order valence-corrected chi connectivity index (χ1v) is 11.3. The highest BCUT2D eigenvalue weighted by molar-refractivity contribution is 7.89. The quantitative estimate of drug-likeness (QED) is 0.677. The first kappa shape index (κ1) is 21.8. The van der Waals surface area contributed by atoms with Crippen LogP contribution in [0.25, 0.3) is 0 Å². The molecule has 2 aromatic carbocycles. The van der Waals surface area contributed by atoms with Gasteiger partial charge in [0.05, 0.1) is 4.90 Å². The van der Waals surface area contributed by atoms with Gasteiger partial charge in [0.1, 0.15) is 0 Å². The smallest absolute Gasteiger partial charge is 0.318 e. The number of amides is 3. The lowest BCUT2D eigenvalue weighted by Gasteiger charge is -2.26. The van der Waals surface area contributed by atoms with E-state index in [0.29, 0.717) is 35.6 Å². The van der Waals surface area contributed by atoms with Gasteiger partial charge in [-0.15, -0.1) is 0 Å². The molecule has 3 amide bonds. The van der Waals surface area contributed by atoms with Crippen LogP contribution in [0, 0.1) is 6.92 Å². The molecule has 0 aliphatic carbocycles. The second kappa shape index (κ2) is 9.27. The molecule has 9 heteroatoms. The Kier molecular flexibility index (Phi) is 6.73. The fraction of sp³-hybridized carbons (Fsp3) is 0.333. The van der Waals surface area contributed by atoms with E-state index in [1.165, 1.54) is 17.4 Å². The number of urea groups is 1. The maximum Gasteiger partial charge on any atom is 0.318 e. The Labute approximate surface area is 176 Å². The van der Waals surface area contributed by atoms with Gasteiger partial charge in [-0.3, -0.25) is 4.79 Å². The summed E-state index contributed by atoms with van der Waals surface area (Å²) in [5.74, 6) is -0.393. The lowest BCUT2D eigenvalue weighted by Crippen LogP contribution is -2.35. The maximum absolute atomic E-state index is 12.9. The van der Waals surface area contributed by atoms with Crippen molar-refractivity contribution in [2.75, 3.05) is 30.8 Å². The summed E-state index contributed by atoms with van der Waals surface area (Å²) in [4.78, 5) is 24.3. The van der Waals surface area contributed by atoms with Crippen molar-refractivity contribution in [3.05, 3.63) is 53.6 Å². The number of anilines is 2. The van der Waals surface area contributed by atoms with E-state index in [1.807, 2.05) is 0 Å². The third-order valence-corrected chi connectivity index (χ3v) is 6.93. The number of hydrogen-bond acceptors (Lipinski definition) is 4. The van der Waals surface area contributed by atoms with Crippen LogP contribution in [0.2, 0.25) is 0 Å². The van der Waals surface area contributed by atoms with E-state index in [-0.39, 0.29) is 10.9 Å². The molecule has 0 bridgehead atoms. The molecule has 160 valence electrons. The van der Waals surface area contributed by atoms with Gasteiger partial charge in [-0.25, -0.2) is 13.2 Å². The monoisotopic (exact) mass is 430 g/mol. The van der Waals surface area contributed by atoms with Gasteiger partial charge >= 0.3 is 6.03 Å². The highest BCUT2D eigenvalue weighted by atomic mass is 32.2. The molecule has 1 aliphatic rings. The van der Waals surface area contributed by atoms with E-state index in [2.05, 4.69) is 16.0 Å². The fourth-order valence-corrected chi connectivity index (χ4v) is 4.83. The highest BCUT2D eigenvalue weighted by Crippen LogP contribution is 2.23. The van der Waals surface area contributed by atoms with E-state index in [4.69, 9.17) is 0 Å².